The smallest absolute Gasteiger partial charge is 0.242 e. The van der Waals surface area contributed by atoms with Crippen molar-refractivity contribution in [1.29, 1.82) is 0 Å². The molecule has 1 aromatic carbocycles. The van der Waals surface area contributed by atoms with Crippen molar-refractivity contribution in [1.82, 2.24) is 4.90 Å². The quantitative estimate of drug-likeness (QED) is 0.806. The maximum atomic E-state index is 12.2. The van der Waals surface area contributed by atoms with Gasteiger partial charge in [0.15, 0.2) is 0 Å². The molecule has 1 fully saturated rings. The van der Waals surface area contributed by atoms with Crippen molar-refractivity contribution in [2.24, 2.45) is 0 Å². The summed E-state index contributed by atoms with van der Waals surface area (Å²) >= 11 is 6.45. The number of carbonyl (C=O) groups is 2. The molecule has 22 heavy (non-hydrogen) atoms. The van der Waals surface area contributed by atoms with E-state index in [0.29, 0.717) is 17.5 Å². The summed E-state index contributed by atoms with van der Waals surface area (Å²) in [5.41, 5.74) is 1.80. The highest BCUT2D eigenvalue weighted by atomic mass is 32.2. The van der Waals surface area contributed by atoms with Crippen LogP contribution in [-0.2, 0) is 14.3 Å². The summed E-state index contributed by atoms with van der Waals surface area (Å²) in [6.07, 6.45) is 0.112. The summed E-state index contributed by atoms with van der Waals surface area (Å²) in [7, 11) is 1.57. The number of ether oxygens (including phenoxy) is 1. The lowest BCUT2D eigenvalue weighted by molar-refractivity contribution is -0.128. The topological polar surface area (TPSA) is 58.6 Å². The molecule has 5 nitrogen and oxygen atoms in total. The Bertz CT molecular complexity index is 592. The van der Waals surface area contributed by atoms with Gasteiger partial charge in [0.1, 0.15) is 4.32 Å². The van der Waals surface area contributed by atoms with Gasteiger partial charge in [0.05, 0.1) is 18.4 Å². The van der Waals surface area contributed by atoms with Crippen LogP contribution in [0.4, 0.5) is 5.69 Å². The summed E-state index contributed by atoms with van der Waals surface area (Å²) in [6, 6.07) is 7.54. The molecule has 7 heteroatoms. The van der Waals surface area contributed by atoms with Crippen LogP contribution in [0.25, 0.3) is 0 Å². The van der Waals surface area contributed by atoms with E-state index in [0.717, 1.165) is 11.3 Å². The van der Waals surface area contributed by atoms with E-state index in [9.17, 15) is 9.59 Å². The summed E-state index contributed by atoms with van der Waals surface area (Å²) in [6.45, 7) is 2.81. The van der Waals surface area contributed by atoms with E-state index < -0.39 is 5.25 Å². The van der Waals surface area contributed by atoms with Crippen LogP contribution in [0.1, 0.15) is 12.0 Å². The first-order chi connectivity index (χ1) is 10.5. The minimum Gasteiger partial charge on any atom is -0.383 e. The molecule has 1 aliphatic heterocycles. The van der Waals surface area contributed by atoms with Crippen molar-refractivity contribution in [2.75, 3.05) is 25.6 Å². The molecule has 1 aromatic rings. The first kappa shape index (κ1) is 16.9. The molecule has 2 amide bonds. The first-order valence-corrected chi connectivity index (χ1v) is 8.17. The van der Waals surface area contributed by atoms with Crippen LogP contribution in [0.15, 0.2) is 24.3 Å². The Kier molecular flexibility index (Phi) is 5.93. The van der Waals surface area contributed by atoms with Gasteiger partial charge in [-0.3, -0.25) is 14.5 Å². The molecular formula is C15H18N2O3S2. The van der Waals surface area contributed by atoms with Crippen LogP contribution in [0.5, 0.6) is 0 Å². The van der Waals surface area contributed by atoms with Crippen LogP contribution < -0.4 is 5.32 Å². The van der Waals surface area contributed by atoms with Crippen LogP contribution in [0.2, 0.25) is 0 Å². The van der Waals surface area contributed by atoms with Crippen molar-refractivity contribution < 1.29 is 14.3 Å². The van der Waals surface area contributed by atoms with Crippen molar-refractivity contribution in [3.63, 3.8) is 0 Å². The zero-order valence-corrected chi connectivity index (χ0v) is 14.1. The molecular weight excluding hydrogens is 320 g/mol. The van der Waals surface area contributed by atoms with E-state index in [2.05, 4.69) is 5.32 Å². The number of nitrogens with one attached hydrogen (secondary N) is 1. The molecule has 2 rings (SSSR count). The predicted octanol–water partition coefficient (Wildman–Crippen LogP) is 2.20. The number of nitrogens with zero attached hydrogens (tertiary/aromatic N) is 1. The largest absolute Gasteiger partial charge is 0.383 e. The summed E-state index contributed by atoms with van der Waals surface area (Å²) in [4.78, 5) is 25.8. The molecule has 118 valence electrons. The third kappa shape index (κ3) is 4.28. The minimum atomic E-state index is -0.450. The van der Waals surface area contributed by atoms with E-state index in [4.69, 9.17) is 17.0 Å². The number of rotatable bonds is 6. The van der Waals surface area contributed by atoms with Gasteiger partial charge in [0.25, 0.3) is 0 Å². The average Bonchev–Trinajstić information content (AvgIpc) is 2.71. The van der Waals surface area contributed by atoms with Gasteiger partial charge in [-0.2, -0.15) is 0 Å². The molecule has 1 unspecified atom stereocenters. The van der Waals surface area contributed by atoms with Crippen LogP contribution in [0, 0.1) is 6.92 Å². The second-order valence-electron chi connectivity index (χ2n) is 4.98. The number of thioether (sulfide) groups is 1. The molecule has 1 aliphatic rings. The Hall–Kier alpha value is -1.44. The molecule has 0 bridgehead atoms. The number of methoxy groups -OCH3 is 1. The fourth-order valence-corrected chi connectivity index (χ4v) is 3.66. The Morgan fingerprint density at radius 3 is 2.95 bits per heavy atom. The fourth-order valence-electron chi connectivity index (χ4n) is 2.12. The van der Waals surface area contributed by atoms with Gasteiger partial charge < -0.3 is 10.1 Å². The van der Waals surface area contributed by atoms with Crippen molar-refractivity contribution in [3.05, 3.63) is 29.8 Å². The number of thiocarbonyl (C=S) groups is 1. The lowest BCUT2D eigenvalue weighted by atomic mass is 10.2. The maximum absolute atomic E-state index is 12.2. The lowest BCUT2D eigenvalue weighted by Gasteiger charge is -2.14. The zero-order valence-electron chi connectivity index (χ0n) is 12.5. The monoisotopic (exact) mass is 338 g/mol. The molecule has 1 atom stereocenters. The number of carbonyl (C=O) groups excluding carboxylic acids is 2. The van der Waals surface area contributed by atoms with Crippen molar-refractivity contribution in [2.45, 2.75) is 18.6 Å². The van der Waals surface area contributed by atoms with Crippen LogP contribution >= 0.6 is 24.0 Å². The second-order valence-corrected chi connectivity index (χ2v) is 6.81. The fraction of sp³-hybridized carbons (Fsp3) is 0.400. The molecule has 0 saturated carbocycles. The number of hydrogen-bond acceptors (Lipinski definition) is 5. The highest BCUT2D eigenvalue weighted by Crippen LogP contribution is 2.29. The zero-order chi connectivity index (χ0) is 16.1. The molecule has 1 saturated heterocycles. The summed E-state index contributed by atoms with van der Waals surface area (Å²) in [5, 5.41) is 2.36. The van der Waals surface area contributed by atoms with Gasteiger partial charge >= 0.3 is 0 Å². The molecule has 0 aliphatic carbocycles. The summed E-state index contributed by atoms with van der Waals surface area (Å²) in [5.74, 6) is -0.306. The third-order valence-electron chi connectivity index (χ3n) is 3.20. The van der Waals surface area contributed by atoms with Crippen LogP contribution in [-0.4, -0.2) is 46.5 Å². The Morgan fingerprint density at radius 2 is 2.27 bits per heavy atom. The van der Waals surface area contributed by atoms with E-state index in [1.807, 2.05) is 31.2 Å². The van der Waals surface area contributed by atoms with E-state index in [1.54, 1.807) is 7.11 Å². The molecule has 0 aromatic heterocycles. The Labute approximate surface area is 139 Å². The molecule has 1 N–H and O–H groups in total. The van der Waals surface area contributed by atoms with Gasteiger partial charge in [-0.1, -0.05) is 36.1 Å². The van der Waals surface area contributed by atoms with E-state index in [1.165, 1.54) is 16.7 Å². The third-order valence-corrected chi connectivity index (χ3v) is 4.78. The number of anilines is 1. The summed E-state index contributed by atoms with van der Waals surface area (Å²) < 4.78 is 5.47. The highest BCUT2D eigenvalue weighted by Gasteiger charge is 2.37. The Balaban J connectivity index is 1.92. The minimum absolute atomic E-state index is 0.112. The first-order valence-electron chi connectivity index (χ1n) is 6.88. The second kappa shape index (κ2) is 7.71. The van der Waals surface area contributed by atoms with E-state index >= 15 is 0 Å². The number of aryl methyl sites for hydroxylation is 1. The average molecular weight is 338 g/mol. The predicted molar refractivity (Wildman–Crippen MR) is 92.0 cm³/mol. The maximum Gasteiger partial charge on any atom is 0.242 e. The molecule has 0 radical (unpaired) electrons. The van der Waals surface area contributed by atoms with E-state index in [-0.39, 0.29) is 18.2 Å². The highest BCUT2D eigenvalue weighted by molar-refractivity contribution is 8.24. The van der Waals surface area contributed by atoms with Gasteiger partial charge in [0.2, 0.25) is 11.8 Å². The normalized spacial score (nSPS) is 17.9. The lowest BCUT2D eigenvalue weighted by Crippen LogP contribution is -2.35. The standard InChI is InChI=1S/C15H18N2O3S2/c1-10-4-3-5-11(8-10)16-13(18)9-12-14(19)17(6-7-20-2)15(21)22-12/h3-5,8,12H,6-7,9H2,1-2H3,(H,16,18). The number of benzene rings is 1. The van der Waals surface area contributed by atoms with Crippen molar-refractivity contribution >= 4 is 45.8 Å². The van der Waals surface area contributed by atoms with Crippen LogP contribution in [0.3, 0.4) is 0 Å². The Morgan fingerprint density at radius 1 is 1.50 bits per heavy atom. The van der Waals surface area contributed by atoms with Crippen molar-refractivity contribution in [3.8, 4) is 0 Å². The molecule has 0 spiro atoms. The van der Waals surface area contributed by atoms with Gasteiger partial charge in [-0.05, 0) is 24.6 Å². The van der Waals surface area contributed by atoms with Gasteiger partial charge in [-0.15, -0.1) is 0 Å². The SMILES string of the molecule is COCCN1C(=O)C(CC(=O)Nc2cccc(C)c2)SC1=S. The van der Waals surface area contributed by atoms with Gasteiger partial charge in [-0.25, -0.2) is 0 Å². The van der Waals surface area contributed by atoms with Gasteiger partial charge in [0, 0.05) is 19.2 Å². The molecule has 1 heterocycles. The number of amides is 2. The number of hydrogen-bond donors (Lipinski definition) is 1.